The van der Waals surface area contributed by atoms with E-state index in [1.807, 2.05) is 0 Å². The summed E-state index contributed by atoms with van der Waals surface area (Å²) in [5.41, 5.74) is 2.61. The fourth-order valence-electron chi connectivity index (χ4n) is 2.79. The third-order valence-corrected chi connectivity index (χ3v) is 4.18. The molecule has 0 aromatic heterocycles. The maximum atomic E-state index is 5.39. The number of rotatable bonds is 5. The van der Waals surface area contributed by atoms with Crippen LogP contribution in [0.25, 0.3) is 0 Å². The lowest BCUT2D eigenvalue weighted by molar-refractivity contribution is 0.402. The molecular weight excluding hydrogens is 278 g/mol. The van der Waals surface area contributed by atoms with Gasteiger partial charge >= 0.3 is 0 Å². The van der Waals surface area contributed by atoms with E-state index in [0.717, 1.165) is 18.2 Å². The number of benzene rings is 1. The van der Waals surface area contributed by atoms with Crippen LogP contribution >= 0.6 is 12.2 Å². The molecule has 0 spiro atoms. The Morgan fingerprint density at radius 3 is 2.33 bits per heavy atom. The monoisotopic (exact) mass is 305 g/mol. The van der Waals surface area contributed by atoms with Crippen molar-refractivity contribution in [2.45, 2.75) is 51.2 Å². The molecule has 1 aromatic rings. The Kier molecular flexibility index (Phi) is 6.46. The van der Waals surface area contributed by atoms with Gasteiger partial charge in [0.25, 0.3) is 0 Å². The van der Waals surface area contributed by atoms with Gasteiger partial charge in [-0.15, -0.1) is 0 Å². The molecule has 0 heterocycles. The minimum atomic E-state index is 0.571. The van der Waals surface area contributed by atoms with Crippen LogP contribution < -0.4 is 10.6 Å². The van der Waals surface area contributed by atoms with Crippen LogP contribution in [-0.4, -0.2) is 30.1 Å². The van der Waals surface area contributed by atoms with Gasteiger partial charge in [0.1, 0.15) is 0 Å². The van der Waals surface area contributed by atoms with Crippen LogP contribution in [0.2, 0.25) is 0 Å². The molecule has 0 bridgehead atoms. The van der Waals surface area contributed by atoms with Crippen LogP contribution in [0, 0.1) is 0 Å². The Hall–Kier alpha value is -1.13. The summed E-state index contributed by atoms with van der Waals surface area (Å²) in [5, 5.41) is 7.55. The maximum Gasteiger partial charge on any atom is 0.166 e. The average molecular weight is 305 g/mol. The molecular formula is C17H27N3S. The molecule has 1 saturated carbocycles. The summed E-state index contributed by atoms with van der Waals surface area (Å²) in [6.45, 7) is 1.77. The first-order chi connectivity index (χ1) is 10.1. The van der Waals surface area contributed by atoms with Crippen molar-refractivity contribution in [3.05, 3.63) is 35.4 Å². The van der Waals surface area contributed by atoms with Crippen LogP contribution in [0.3, 0.4) is 0 Å². The van der Waals surface area contributed by atoms with Crippen molar-refractivity contribution in [2.75, 3.05) is 14.1 Å². The van der Waals surface area contributed by atoms with Crippen LogP contribution in [-0.2, 0) is 13.1 Å². The first-order valence-electron chi connectivity index (χ1n) is 7.90. The summed E-state index contributed by atoms with van der Waals surface area (Å²) < 4.78 is 0. The molecule has 0 unspecified atom stereocenters. The molecule has 1 aliphatic rings. The van der Waals surface area contributed by atoms with Gasteiger partial charge in [-0.1, -0.05) is 43.5 Å². The van der Waals surface area contributed by atoms with E-state index >= 15 is 0 Å². The zero-order valence-electron chi connectivity index (χ0n) is 13.2. The lowest BCUT2D eigenvalue weighted by Gasteiger charge is -2.24. The maximum absolute atomic E-state index is 5.39. The van der Waals surface area contributed by atoms with Crippen LogP contribution in [0.1, 0.15) is 43.2 Å². The second-order valence-corrected chi connectivity index (χ2v) is 6.62. The standard InChI is InChI=1S/C17H27N3S/c1-20(2)13-15-10-8-14(9-11-15)12-18-17(21)19-16-6-4-3-5-7-16/h8-11,16H,3-7,12-13H2,1-2H3,(H2,18,19,21). The normalized spacial score (nSPS) is 16.0. The smallest absolute Gasteiger partial charge is 0.166 e. The Bertz CT molecular complexity index is 436. The number of thiocarbonyl (C=S) groups is 1. The van der Waals surface area contributed by atoms with E-state index in [9.17, 15) is 0 Å². The minimum Gasteiger partial charge on any atom is -0.360 e. The molecule has 2 N–H and O–H groups in total. The van der Waals surface area contributed by atoms with E-state index in [0.29, 0.717) is 6.04 Å². The lowest BCUT2D eigenvalue weighted by atomic mass is 9.96. The van der Waals surface area contributed by atoms with Crippen molar-refractivity contribution in [3.63, 3.8) is 0 Å². The fourth-order valence-corrected chi connectivity index (χ4v) is 3.03. The Balaban J connectivity index is 1.73. The predicted octanol–water partition coefficient (Wildman–Crippen LogP) is 3.05. The summed E-state index contributed by atoms with van der Waals surface area (Å²) in [5.74, 6) is 0. The first-order valence-corrected chi connectivity index (χ1v) is 8.31. The number of hydrogen-bond acceptors (Lipinski definition) is 2. The van der Waals surface area contributed by atoms with Crippen molar-refractivity contribution < 1.29 is 0 Å². The third-order valence-electron chi connectivity index (χ3n) is 3.92. The summed E-state index contributed by atoms with van der Waals surface area (Å²) in [6, 6.07) is 9.30. The minimum absolute atomic E-state index is 0.571. The summed E-state index contributed by atoms with van der Waals surface area (Å²) in [4.78, 5) is 2.18. The van der Waals surface area contributed by atoms with E-state index < -0.39 is 0 Å². The molecule has 0 aliphatic heterocycles. The second kappa shape index (κ2) is 8.35. The van der Waals surface area contributed by atoms with Gasteiger partial charge in [0, 0.05) is 19.1 Å². The van der Waals surface area contributed by atoms with Gasteiger partial charge in [0.05, 0.1) is 0 Å². The average Bonchev–Trinajstić information content (AvgIpc) is 2.47. The van der Waals surface area contributed by atoms with Gasteiger partial charge in [-0.05, 0) is 50.3 Å². The highest BCUT2D eigenvalue weighted by Gasteiger charge is 2.13. The van der Waals surface area contributed by atoms with Gasteiger partial charge in [-0.25, -0.2) is 0 Å². The van der Waals surface area contributed by atoms with Crippen molar-refractivity contribution in [3.8, 4) is 0 Å². The fraction of sp³-hybridized carbons (Fsp3) is 0.588. The molecule has 2 rings (SSSR count). The molecule has 0 amide bonds. The Morgan fingerprint density at radius 1 is 1.10 bits per heavy atom. The molecule has 1 aliphatic carbocycles. The van der Waals surface area contributed by atoms with Crippen molar-refractivity contribution in [1.82, 2.24) is 15.5 Å². The van der Waals surface area contributed by atoms with Crippen LogP contribution in [0.15, 0.2) is 24.3 Å². The topological polar surface area (TPSA) is 27.3 Å². The molecule has 116 valence electrons. The largest absolute Gasteiger partial charge is 0.360 e. The highest BCUT2D eigenvalue weighted by Crippen LogP contribution is 2.17. The highest BCUT2D eigenvalue weighted by molar-refractivity contribution is 7.80. The van der Waals surface area contributed by atoms with Crippen molar-refractivity contribution in [2.24, 2.45) is 0 Å². The second-order valence-electron chi connectivity index (χ2n) is 6.22. The van der Waals surface area contributed by atoms with E-state index in [1.54, 1.807) is 0 Å². The van der Waals surface area contributed by atoms with E-state index in [1.165, 1.54) is 43.2 Å². The van der Waals surface area contributed by atoms with E-state index in [-0.39, 0.29) is 0 Å². The molecule has 1 fully saturated rings. The Labute approximate surface area is 134 Å². The number of nitrogens with zero attached hydrogens (tertiary/aromatic N) is 1. The van der Waals surface area contributed by atoms with Gasteiger partial charge in [0.15, 0.2) is 5.11 Å². The zero-order valence-corrected chi connectivity index (χ0v) is 14.0. The molecule has 0 radical (unpaired) electrons. The predicted molar refractivity (Wildman–Crippen MR) is 93.3 cm³/mol. The van der Waals surface area contributed by atoms with Gasteiger partial charge in [0.2, 0.25) is 0 Å². The number of nitrogens with one attached hydrogen (secondary N) is 2. The summed E-state index contributed by atoms with van der Waals surface area (Å²) in [7, 11) is 4.18. The molecule has 1 aromatic carbocycles. The van der Waals surface area contributed by atoms with Gasteiger partial charge in [-0.3, -0.25) is 0 Å². The molecule has 0 atom stereocenters. The summed E-state index contributed by atoms with van der Waals surface area (Å²) in [6.07, 6.45) is 6.53. The SMILES string of the molecule is CN(C)Cc1ccc(CNC(=S)NC2CCCCC2)cc1. The van der Waals surface area contributed by atoms with Crippen LogP contribution in [0.5, 0.6) is 0 Å². The van der Waals surface area contributed by atoms with Crippen molar-refractivity contribution in [1.29, 1.82) is 0 Å². The highest BCUT2D eigenvalue weighted by atomic mass is 32.1. The molecule has 21 heavy (non-hydrogen) atoms. The number of hydrogen-bond donors (Lipinski definition) is 2. The quantitative estimate of drug-likeness (QED) is 0.818. The molecule has 0 saturated heterocycles. The first kappa shape index (κ1) is 16.2. The van der Waals surface area contributed by atoms with E-state index in [4.69, 9.17) is 12.2 Å². The molecule has 3 nitrogen and oxygen atoms in total. The van der Waals surface area contributed by atoms with E-state index in [2.05, 4.69) is 53.9 Å². The van der Waals surface area contributed by atoms with Crippen molar-refractivity contribution >= 4 is 17.3 Å². The molecule has 4 heteroatoms. The van der Waals surface area contributed by atoms with Crippen LogP contribution in [0.4, 0.5) is 0 Å². The van der Waals surface area contributed by atoms with Gasteiger partial charge in [-0.2, -0.15) is 0 Å². The summed E-state index contributed by atoms with van der Waals surface area (Å²) >= 11 is 5.39. The van der Waals surface area contributed by atoms with Gasteiger partial charge < -0.3 is 15.5 Å². The zero-order chi connectivity index (χ0) is 15.1. The third kappa shape index (κ3) is 6.02. The Morgan fingerprint density at radius 2 is 1.71 bits per heavy atom. The lowest BCUT2D eigenvalue weighted by Crippen LogP contribution is -2.42.